The maximum atomic E-state index is 11.2. The predicted molar refractivity (Wildman–Crippen MR) is 80.4 cm³/mol. The zero-order valence-electron chi connectivity index (χ0n) is 11.5. The molecule has 5 nitrogen and oxygen atoms in total. The second kappa shape index (κ2) is 6.00. The zero-order valence-corrected chi connectivity index (χ0v) is 12.3. The molecule has 2 N–H and O–H groups in total. The van der Waals surface area contributed by atoms with Gasteiger partial charge in [0.15, 0.2) is 0 Å². The van der Waals surface area contributed by atoms with E-state index >= 15 is 0 Å². The van der Waals surface area contributed by atoms with E-state index in [2.05, 4.69) is 10.0 Å². The number of hydrogen-bond acceptors (Lipinski definition) is 4. The number of furan rings is 1. The third-order valence-corrected chi connectivity index (χ3v) is 3.27. The molecule has 0 aliphatic rings. The maximum absolute atomic E-state index is 11.2. The van der Waals surface area contributed by atoms with Gasteiger partial charge in [0, 0.05) is 18.2 Å². The first kappa shape index (κ1) is 14.5. The maximum Gasteiger partial charge on any atom is 0.229 e. The Kier molecular flexibility index (Phi) is 4.34. The molecule has 2 rings (SSSR count). The molecule has 0 radical (unpaired) electrons. The minimum atomic E-state index is -3.26. The van der Waals surface area contributed by atoms with Gasteiger partial charge in [-0.2, -0.15) is 0 Å². The van der Waals surface area contributed by atoms with Crippen molar-refractivity contribution in [3.63, 3.8) is 0 Å². The minimum Gasteiger partial charge on any atom is -0.469 e. The van der Waals surface area contributed by atoms with Crippen LogP contribution in [-0.2, 0) is 16.4 Å². The molecule has 0 saturated carbocycles. The summed E-state index contributed by atoms with van der Waals surface area (Å²) in [4.78, 5) is 0. The standard InChI is InChI=1S/C14H18N2O3S/c1-11(9-14-7-4-8-19-14)15-12-5-3-6-13(10-12)16-20(2,17)18/h3-8,10-11,15-16H,9H2,1-2H3. The van der Waals surface area contributed by atoms with Gasteiger partial charge in [0.05, 0.1) is 18.2 Å². The minimum absolute atomic E-state index is 0.176. The highest BCUT2D eigenvalue weighted by atomic mass is 32.2. The van der Waals surface area contributed by atoms with Crippen LogP contribution < -0.4 is 10.0 Å². The number of rotatable bonds is 6. The van der Waals surface area contributed by atoms with Crippen molar-refractivity contribution in [1.29, 1.82) is 0 Å². The predicted octanol–water partition coefficient (Wildman–Crippen LogP) is 2.69. The Hall–Kier alpha value is -1.95. The van der Waals surface area contributed by atoms with Gasteiger partial charge in [-0.3, -0.25) is 4.72 Å². The average molecular weight is 294 g/mol. The van der Waals surface area contributed by atoms with Crippen molar-refractivity contribution >= 4 is 21.4 Å². The van der Waals surface area contributed by atoms with Crippen molar-refractivity contribution in [2.24, 2.45) is 0 Å². The van der Waals surface area contributed by atoms with E-state index in [4.69, 9.17) is 4.42 Å². The van der Waals surface area contributed by atoms with Gasteiger partial charge in [0.1, 0.15) is 5.76 Å². The molecule has 1 heterocycles. The summed E-state index contributed by atoms with van der Waals surface area (Å²) in [5, 5.41) is 3.31. The Bertz CT molecular complexity index is 651. The first-order valence-electron chi connectivity index (χ1n) is 6.29. The normalized spacial score (nSPS) is 12.9. The van der Waals surface area contributed by atoms with E-state index < -0.39 is 10.0 Å². The molecule has 0 saturated heterocycles. The lowest BCUT2D eigenvalue weighted by molar-refractivity contribution is 0.498. The topological polar surface area (TPSA) is 71.3 Å². The highest BCUT2D eigenvalue weighted by molar-refractivity contribution is 7.92. The summed E-state index contributed by atoms with van der Waals surface area (Å²) >= 11 is 0. The van der Waals surface area contributed by atoms with Crippen LogP contribution in [0, 0.1) is 0 Å². The SMILES string of the molecule is CC(Cc1ccco1)Nc1cccc(NS(C)(=O)=O)c1. The van der Waals surface area contributed by atoms with Gasteiger partial charge in [0.2, 0.25) is 10.0 Å². The molecule has 0 spiro atoms. The largest absolute Gasteiger partial charge is 0.469 e. The van der Waals surface area contributed by atoms with Gasteiger partial charge in [-0.05, 0) is 37.3 Å². The van der Waals surface area contributed by atoms with Gasteiger partial charge < -0.3 is 9.73 Å². The van der Waals surface area contributed by atoms with E-state index in [1.165, 1.54) is 0 Å². The van der Waals surface area contributed by atoms with Gasteiger partial charge >= 0.3 is 0 Å². The zero-order chi connectivity index (χ0) is 14.6. The smallest absolute Gasteiger partial charge is 0.229 e. The van der Waals surface area contributed by atoms with Crippen LogP contribution in [0.5, 0.6) is 0 Å². The first-order chi connectivity index (χ1) is 9.42. The average Bonchev–Trinajstić information content (AvgIpc) is 2.79. The van der Waals surface area contributed by atoms with Crippen LogP contribution in [0.25, 0.3) is 0 Å². The van der Waals surface area contributed by atoms with Crippen molar-refractivity contribution in [2.75, 3.05) is 16.3 Å². The van der Waals surface area contributed by atoms with Crippen LogP contribution in [-0.4, -0.2) is 20.7 Å². The second-order valence-corrected chi connectivity index (χ2v) is 6.53. The number of sulfonamides is 1. The summed E-state index contributed by atoms with van der Waals surface area (Å²) in [5.74, 6) is 0.912. The Balaban J connectivity index is 2.00. The molecule has 0 aliphatic carbocycles. The number of nitrogens with one attached hydrogen (secondary N) is 2. The third kappa shape index (κ3) is 4.62. The molecule has 108 valence electrons. The fraction of sp³-hybridized carbons (Fsp3) is 0.286. The number of benzene rings is 1. The summed E-state index contributed by atoms with van der Waals surface area (Å²) in [7, 11) is -3.26. The molecule has 0 aliphatic heterocycles. The molecular weight excluding hydrogens is 276 g/mol. The van der Waals surface area contributed by atoms with Gasteiger partial charge in [-0.25, -0.2) is 8.42 Å². The molecule has 1 aromatic heterocycles. The lowest BCUT2D eigenvalue weighted by atomic mass is 10.2. The molecule has 0 bridgehead atoms. The van der Waals surface area contributed by atoms with Gasteiger partial charge in [-0.15, -0.1) is 0 Å². The highest BCUT2D eigenvalue weighted by Gasteiger charge is 2.07. The molecule has 1 unspecified atom stereocenters. The third-order valence-electron chi connectivity index (χ3n) is 2.67. The molecular formula is C14H18N2O3S. The summed E-state index contributed by atoms with van der Waals surface area (Å²) in [5.41, 5.74) is 1.40. The van der Waals surface area contributed by atoms with Crippen molar-refractivity contribution in [1.82, 2.24) is 0 Å². The van der Waals surface area contributed by atoms with E-state index in [0.717, 1.165) is 24.1 Å². The van der Waals surface area contributed by atoms with Crippen LogP contribution >= 0.6 is 0 Å². The van der Waals surface area contributed by atoms with E-state index in [1.54, 1.807) is 24.5 Å². The highest BCUT2D eigenvalue weighted by Crippen LogP contribution is 2.17. The molecule has 0 fully saturated rings. The fourth-order valence-electron chi connectivity index (χ4n) is 1.95. The van der Waals surface area contributed by atoms with Gasteiger partial charge in [0.25, 0.3) is 0 Å². The molecule has 1 aromatic carbocycles. The van der Waals surface area contributed by atoms with Crippen molar-refractivity contribution in [2.45, 2.75) is 19.4 Å². The van der Waals surface area contributed by atoms with E-state index in [-0.39, 0.29) is 6.04 Å². The van der Waals surface area contributed by atoms with Crippen LogP contribution in [0.2, 0.25) is 0 Å². The Morgan fingerprint density at radius 1 is 1.20 bits per heavy atom. The van der Waals surface area contributed by atoms with Crippen molar-refractivity contribution in [3.8, 4) is 0 Å². The number of hydrogen-bond donors (Lipinski definition) is 2. The molecule has 2 aromatic rings. The van der Waals surface area contributed by atoms with Crippen LogP contribution in [0.1, 0.15) is 12.7 Å². The summed E-state index contributed by atoms with van der Waals surface area (Å²) in [6.45, 7) is 2.04. The molecule has 0 amide bonds. The van der Waals surface area contributed by atoms with Gasteiger partial charge in [-0.1, -0.05) is 6.07 Å². The Morgan fingerprint density at radius 2 is 1.95 bits per heavy atom. The lowest BCUT2D eigenvalue weighted by Crippen LogP contribution is -2.18. The first-order valence-corrected chi connectivity index (χ1v) is 8.18. The van der Waals surface area contributed by atoms with Crippen LogP contribution in [0.4, 0.5) is 11.4 Å². The van der Waals surface area contributed by atoms with Crippen LogP contribution in [0.15, 0.2) is 47.1 Å². The summed E-state index contributed by atoms with van der Waals surface area (Å²) in [6, 6.07) is 11.1. The van der Waals surface area contributed by atoms with E-state index in [9.17, 15) is 8.42 Å². The number of anilines is 2. The fourth-order valence-corrected chi connectivity index (χ4v) is 2.51. The summed E-state index contributed by atoms with van der Waals surface area (Å²) < 4.78 is 30.2. The molecule has 6 heteroatoms. The molecule has 20 heavy (non-hydrogen) atoms. The summed E-state index contributed by atoms with van der Waals surface area (Å²) in [6.07, 6.45) is 3.54. The lowest BCUT2D eigenvalue weighted by Gasteiger charge is -2.15. The van der Waals surface area contributed by atoms with Crippen LogP contribution in [0.3, 0.4) is 0 Å². The quantitative estimate of drug-likeness (QED) is 0.859. The van der Waals surface area contributed by atoms with E-state index in [1.807, 2.05) is 25.1 Å². The molecule has 1 atom stereocenters. The monoisotopic (exact) mass is 294 g/mol. The van der Waals surface area contributed by atoms with Crippen molar-refractivity contribution in [3.05, 3.63) is 48.4 Å². The Labute approximate surface area is 119 Å². The second-order valence-electron chi connectivity index (χ2n) is 4.78. The van der Waals surface area contributed by atoms with E-state index in [0.29, 0.717) is 5.69 Å². The Morgan fingerprint density at radius 3 is 2.60 bits per heavy atom. The van der Waals surface area contributed by atoms with Crippen molar-refractivity contribution < 1.29 is 12.8 Å².